The molecule has 3 aromatic rings. The van der Waals surface area contributed by atoms with Crippen molar-refractivity contribution in [1.29, 1.82) is 0 Å². The van der Waals surface area contributed by atoms with Gasteiger partial charge in [0.15, 0.2) is 0 Å². The van der Waals surface area contributed by atoms with Crippen molar-refractivity contribution >= 4 is 23.6 Å². The fourth-order valence-corrected chi connectivity index (χ4v) is 2.80. The Morgan fingerprint density at radius 3 is 2.59 bits per heavy atom. The number of hydrogen-bond acceptors (Lipinski definition) is 6. The van der Waals surface area contributed by atoms with Crippen LogP contribution in [0.1, 0.15) is 16.1 Å². The fourth-order valence-electron chi connectivity index (χ4n) is 2.80. The molecule has 2 amide bonds. The molecule has 0 saturated carbocycles. The van der Waals surface area contributed by atoms with E-state index < -0.39 is 16.7 Å². The van der Waals surface area contributed by atoms with Gasteiger partial charge in [-0.05, 0) is 24.3 Å². The zero-order valence-corrected chi connectivity index (χ0v) is 17.2. The lowest BCUT2D eigenvalue weighted by Crippen LogP contribution is -2.36. The zero-order valence-electron chi connectivity index (χ0n) is 17.2. The van der Waals surface area contributed by atoms with E-state index in [1.165, 1.54) is 25.3 Å². The summed E-state index contributed by atoms with van der Waals surface area (Å²) in [5, 5.41) is 16.3. The highest BCUT2D eigenvalue weighted by Crippen LogP contribution is 2.26. The third-order valence-corrected chi connectivity index (χ3v) is 4.38. The van der Waals surface area contributed by atoms with Gasteiger partial charge in [-0.2, -0.15) is 0 Å². The smallest absolute Gasteiger partial charge is 0.270 e. The minimum absolute atomic E-state index is 0.0186. The van der Waals surface area contributed by atoms with E-state index in [1.807, 2.05) is 0 Å². The van der Waals surface area contributed by atoms with Crippen LogP contribution in [-0.4, -0.2) is 37.0 Å². The molecule has 2 aromatic carbocycles. The Labute approximate surface area is 183 Å². The summed E-state index contributed by atoms with van der Waals surface area (Å²) >= 11 is 0. The predicted octanol–water partition coefficient (Wildman–Crippen LogP) is 3.39. The maximum absolute atomic E-state index is 12.6. The van der Waals surface area contributed by atoms with E-state index in [9.17, 15) is 19.7 Å². The SMILES string of the molecule is COCCNC(=O)/C(=C/c1ccc(-c2cccc([N+](=O)[O-])c2)o1)NC(=O)c1ccccc1. The van der Waals surface area contributed by atoms with E-state index in [1.54, 1.807) is 54.6 Å². The number of furan rings is 1. The summed E-state index contributed by atoms with van der Waals surface area (Å²) in [7, 11) is 1.51. The average molecular weight is 435 g/mol. The molecule has 0 bridgehead atoms. The van der Waals surface area contributed by atoms with Gasteiger partial charge in [0, 0.05) is 43.0 Å². The molecule has 9 heteroatoms. The Morgan fingerprint density at radius 1 is 1.09 bits per heavy atom. The summed E-state index contributed by atoms with van der Waals surface area (Å²) < 4.78 is 10.7. The highest BCUT2D eigenvalue weighted by atomic mass is 16.6. The Balaban J connectivity index is 1.86. The number of nitro groups is 1. The van der Waals surface area contributed by atoms with E-state index in [-0.39, 0.29) is 23.7 Å². The minimum Gasteiger partial charge on any atom is -0.457 e. The number of rotatable bonds is 9. The van der Waals surface area contributed by atoms with Crippen LogP contribution in [0.5, 0.6) is 0 Å². The number of carbonyl (C=O) groups excluding carboxylic acids is 2. The van der Waals surface area contributed by atoms with Crippen LogP contribution in [0.2, 0.25) is 0 Å². The largest absolute Gasteiger partial charge is 0.457 e. The van der Waals surface area contributed by atoms with Gasteiger partial charge in [0.1, 0.15) is 17.2 Å². The first-order valence-electron chi connectivity index (χ1n) is 9.68. The number of amides is 2. The molecular weight excluding hydrogens is 414 g/mol. The van der Waals surface area contributed by atoms with Gasteiger partial charge in [0.05, 0.1) is 11.5 Å². The van der Waals surface area contributed by atoms with E-state index >= 15 is 0 Å². The second-order valence-electron chi connectivity index (χ2n) is 6.64. The molecule has 0 aliphatic heterocycles. The molecule has 0 unspecified atom stereocenters. The van der Waals surface area contributed by atoms with Crippen LogP contribution < -0.4 is 10.6 Å². The lowest BCUT2D eigenvalue weighted by molar-refractivity contribution is -0.384. The normalized spacial score (nSPS) is 11.1. The molecule has 1 aromatic heterocycles. The third kappa shape index (κ3) is 5.89. The number of nitrogens with zero attached hydrogens (tertiary/aromatic N) is 1. The van der Waals surface area contributed by atoms with Crippen molar-refractivity contribution in [2.45, 2.75) is 0 Å². The summed E-state index contributed by atoms with van der Waals surface area (Å²) in [5.74, 6) is -0.297. The van der Waals surface area contributed by atoms with Gasteiger partial charge in [-0.15, -0.1) is 0 Å². The molecule has 1 heterocycles. The number of benzene rings is 2. The van der Waals surface area contributed by atoms with Crippen LogP contribution in [0, 0.1) is 10.1 Å². The molecule has 0 fully saturated rings. The number of non-ortho nitro benzene ring substituents is 1. The lowest BCUT2D eigenvalue weighted by Gasteiger charge is -2.10. The standard InChI is InChI=1S/C23H21N3O6/c1-31-13-12-24-23(28)20(25-22(27)16-6-3-2-4-7-16)15-19-10-11-21(32-19)17-8-5-9-18(14-17)26(29)30/h2-11,14-15H,12-13H2,1H3,(H,24,28)(H,25,27)/b20-15-. The first-order chi connectivity index (χ1) is 15.5. The second kappa shape index (κ2) is 10.7. The molecule has 0 aliphatic carbocycles. The second-order valence-corrected chi connectivity index (χ2v) is 6.64. The zero-order chi connectivity index (χ0) is 22.9. The molecule has 3 rings (SSSR count). The number of hydrogen-bond donors (Lipinski definition) is 2. The lowest BCUT2D eigenvalue weighted by atomic mass is 10.1. The van der Waals surface area contributed by atoms with E-state index in [2.05, 4.69) is 10.6 Å². The Hall–Kier alpha value is -4.24. The highest BCUT2D eigenvalue weighted by Gasteiger charge is 2.16. The summed E-state index contributed by atoms with van der Waals surface area (Å²) in [6.07, 6.45) is 1.39. The molecule has 0 saturated heterocycles. The molecule has 0 spiro atoms. The minimum atomic E-state index is -0.514. The number of nitrogens with one attached hydrogen (secondary N) is 2. The summed E-state index contributed by atoms with van der Waals surface area (Å²) in [4.78, 5) is 35.7. The topological polar surface area (TPSA) is 124 Å². The van der Waals surface area contributed by atoms with Crippen molar-refractivity contribution < 1.29 is 23.7 Å². The molecular formula is C23H21N3O6. The van der Waals surface area contributed by atoms with Crippen molar-refractivity contribution in [2.75, 3.05) is 20.3 Å². The van der Waals surface area contributed by atoms with Crippen LogP contribution in [0.25, 0.3) is 17.4 Å². The monoisotopic (exact) mass is 435 g/mol. The summed E-state index contributed by atoms with van der Waals surface area (Å²) in [6.45, 7) is 0.564. The van der Waals surface area contributed by atoms with Crippen LogP contribution in [-0.2, 0) is 9.53 Å². The molecule has 0 aliphatic rings. The Morgan fingerprint density at radius 2 is 1.88 bits per heavy atom. The van der Waals surface area contributed by atoms with Crippen molar-refractivity contribution in [3.63, 3.8) is 0 Å². The van der Waals surface area contributed by atoms with E-state index in [4.69, 9.17) is 9.15 Å². The van der Waals surface area contributed by atoms with Crippen molar-refractivity contribution in [3.8, 4) is 11.3 Å². The predicted molar refractivity (Wildman–Crippen MR) is 118 cm³/mol. The van der Waals surface area contributed by atoms with Gasteiger partial charge in [-0.25, -0.2) is 0 Å². The summed E-state index contributed by atoms with van der Waals surface area (Å²) in [5.41, 5.74) is 0.817. The quantitative estimate of drug-likeness (QED) is 0.230. The molecule has 2 N–H and O–H groups in total. The first-order valence-corrected chi connectivity index (χ1v) is 9.68. The van der Waals surface area contributed by atoms with Gasteiger partial charge in [-0.1, -0.05) is 30.3 Å². The van der Waals surface area contributed by atoms with Crippen LogP contribution in [0.15, 0.2) is 76.8 Å². The van der Waals surface area contributed by atoms with Gasteiger partial charge in [0.25, 0.3) is 17.5 Å². The average Bonchev–Trinajstić information content (AvgIpc) is 3.28. The molecule has 32 heavy (non-hydrogen) atoms. The number of ether oxygens (including phenoxy) is 1. The first kappa shape index (κ1) is 22.4. The molecule has 164 valence electrons. The molecule has 0 radical (unpaired) electrons. The third-order valence-electron chi connectivity index (χ3n) is 4.38. The molecule has 0 atom stereocenters. The van der Waals surface area contributed by atoms with E-state index in [0.29, 0.717) is 23.5 Å². The van der Waals surface area contributed by atoms with Crippen LogP contribution in [0.4, 0.5) is 5.69 Å². The van der Waals surface area contributed by atoms with Gasteiger partial charge < -0.3 is 19.8 Å². The highest BCUT2D eigenvalue weighted by molar-refractivity contribution is 6.05. The van der Waals surface area contributed by atoms with Crippen molar-refractivity contribution in [2.24, 2.45) is 0 Å². The Kier molecular flexibility index (Phi) is 7.50. The maximum Gasteiger partial charge on any atom is 0.270 e. The number of carbonyl (C=O) groups is 2. The molecule has 9 nitrogen and oxygen atoms in total. The number of nitro benzene ring substituents is 1. The van der Waals surface area contributed by atoms with E-state index in [0.717, 1.165) is 0 Å². The summed E-state index contributed by atoms with van der Waals surface area (Å²) in [6, 6.07) is 17.7. The maximum atomic E-state index is 12.6. The van der Waals surface area contributed by atoms with Crippen LogP contribution >= 0.6 is 0 Å². The fraction of sp³-hybridized carbons (Fsp3) is 0.130. The van der Waals surface area contributed by atoms with Crippen molar-refractivity contribution in [1.82, 2.24) is 10.6 Å². The van der Waals surface area contributed by atoms with Gasteiger partial charge in [0.2, 0.25) is 0 Å². The van der Waals surface area contributed by atoms with Gasteiger partial charge >= 0.3 is 0 Å². The van der Waals surface area contributed by atoms with Gasteiger partial charge in [-0.3, -0.25) is 19.7 Å². The number of methoxy groups -OCH3 is 1. The van der Waals surface area contributed by atoms with Crippen molar-refractivity contribution in [3.05, 3.63) is 93.9 Å². The Bertz CT molecular complexity index is 1140. The van der Waals surface area contributed by atoms with Crippen LogP contribution in [0.3, 0.4) is 0 Å².